The van der Waals surface area contributed by atoms with Crippen LogP contribution in [0.4, 0.5) is 0 Å². The Morgan fingerprint density at radius 1 is 1.43 bits per heavy atom. The maximum absolute atomic E-state index is 4.18. The van der Waals surface area contributed by atoms with Crippen LogP contribution in [0.1, 0.15) is 11.1 Å². The first-order valence-electron chi connectivity index (χ1n) is 4.64. The number of thiol groups is 1. The fraction of sp³-hybridized carbons (Fsp3) is 0.333. The Morgan fingerprint density at radius 3 is 2.79 bits per heavy atom. The number of benzene rings is 1. The van der Waals surface area contributed by atoms with Crippen LogP contribution in [-0.2, 0) is 5.75 Å². The summed E-state index contributed by atoms with van der Waals surface area (Å²) in [6.07, 6.45) is 0. The molecular weight excluding hydrogens is 208 g/mol. The van der Waals surface area contributed by atoms with Crippen LogP contribution in [0.3, 0.4) is 0 Å². The summed E-state index contributed by atoms with van der Waals surface area (Å²) in [5.74, 6) is 2.87. The molecule has 0 aromatic heterocycles. The van der Waals surface area contributed by atoms with E-state index in [9.17, 15) is 0 Å². The molecule has 0 N–H and O–H groups in total. The normalized spacial score (nSPS) is 10.1. The monoisotopic (exact) mass is 224 g/mol. The van der Waals surface area contributed by atoms with Gasteiger partial charge in [-0.2, -0.15) is 24.4 Å². The van der Waals surface area contributed by atoms with E-state index in [1.165, 1.54) is 16.7 Å². The van der Waals surface area contributed by atoms with Gasteiger partial charge in [-0.05, 0) is 18.1 Å². The van der Waals surface area contributed by atoms with Crippen LogP contribution in [0.2, 0.25) is 0 Å². The smallest absolute Gasteiger partial charge is 0.0190 e. The SMILES string of the molecule is C=C(CS)CSCc1ccccc1C. The van der Waals surface area contributed by atoms with E-state index in [-0.39, 0.29) is 0 Å². The molecule has 0 saturated carbocycles. The quantitative estimate of drug-likeness (QED) is 0.587. The van der Waals surface area contributed by atoms with E-state index in [1.807, 2.05) is 11.8 Å². The van der Waals surface area contributed by atoms with E-state index in [0.29, 0.717) is 0 Å². The molecule has 14 heavy (non-hydrogen) atoms. The van der Waals surface area contributed by atoms with E-state index in [2.05, 4.69) is 50.4 Å². The molecule has 0 aliphatic carbocycles. The summed E-state index contributed by atoms with van der Waals surface area (Å²) in [5, 5.41) is 0. The van der Waals surface area contributed by atoms with Crippen LogP contribution < -0.4 is 0 Å². The minimum atomic E-state index is 0.792. The summed E-state index contributed by atoms with van der Waals surface area (Å²) in [6.45, 7) is 6.09. The lowest BCUT2D eigenvalue weighted by Crippen LogP contribution is -1.90. The third-order valence-electron chi connectivity index (χ3n) is 2.05. The number of rotatable bonds is 5. The molecule has 1 rings (SSSR count). The summed E-state index contributed by atoms with van der Waals surface area (Å²) in [5.41, 5.74) is 3.99. The molecule has 1 aromatic rings. The zero-order valence-electron chi connectivity index (χ0n) is 8.49. The number of aryl methyl sites for hydroxylation is 1. The second-order valence-electron chi connectivity index (χ2n) is 3.33. The fourth-order valence-corrected chi connectivity index (χ4v) is 2.42. The Kier molecular flexibility index (Phi) is 5.20. The van der Waals surface area contributed by atoms with E-state index in [1.54, 1.807) is 0 Å². The van der Waals surface area contributed by atoms with Gasteiger partial charge in [0.1, 0.15) is 0 Å². The lowest BCUT2D eigenvalue weighted by molar-refractivity contribution is 1.30. The van der Waals surface area contributed by atoms with Gasteiger partial charge in [0.05, 0.1) is 0 Å². The van der Waals surface area contributed by atoms with E-state index < -0.39 is 0 Å². The largest absolute Gasteiger partial charge is 0.175 e. The highest BCUT2D eigenvalue weighted by Gasteiger charge is 1.97. The van der Waals surface area contributed by atoms with Crippen molar-refractivity contribution in [1.29, 1.82) is 0 Å². The summed E-state index contributed by atoms with van der Waals surface area (Å²) >= 11 is 6.09. The molecule has 0 unspecified atom stereocenters. The Balaban J connectivity index is 2.39. The van der Waals surface area contributed by atoms with Gasteiger partial charge in [-0.15, -0.1) is 0 Å². The average Bonchev–Trinajstić information content (AvgIpc) is 2.20. The van der Waals surface area contributed by atoms with E-state index in [0.717, 1.165) is 17.3 Å². The van der Waals surface area contributed by atoms with Crippen LogP contribution in [0.5, 0.6) is 0 Å². The number of thioether (sulfide) groups is 1. The van der Waals surface area contributed by atoms with Gasteiger partial charge in [0.15, 0.2) is 0 Å². The zero-order chi connectivity index (χ0) is 10.4. The molecule has 0 bridgehead atoms. The molecule has 0 aliphatic heterocycles. The highest BCUT2D eigenvalue weighted by atomic mass is 32.2. The van der Waals surface area contributed by atoms with Crippen molar-refractivity contribution in [3.8, 4) is 0 Å². The van der Waals surface area contributed by atoms with Crippen LogP contribution in [-0.4, -0.2) is 11.5 Å². The second kappa shape index (κ2) is 6.20. The van der Waals surface area contributed by atoms with Crippen molar-refractivity contribution in [2.75, 3.05) is 11.5 Å². The van der Waals surface area contributed by atoms with Gasteiger partial charge in [0, 0.05) is 17.3 Å². The van der Waals surface area contributed by atoms with Gasteiger partial charge in [-0.3, -0.25) is 0 Å². The first-order chi connectivity index (χ1) is 6.74. The molecule has 76 valence electrons. The molecule has 0 aliphatic rings. The van der Waals surface area contributed by atoms with Crippen molar-refractivity contribution in [3.05, 3.63) is 47.5 Å². The molecule has 0 amide bonds. The predicted molar refractivity (Wildman–Crippen MR) is 70.3 cm³/mol. The van der Waals surface area contributed by atoms with Crippen molar-refractivity contribution in [3.63, 3.8) is 0 Å². The minimum absolute atomic E-state index is 0.792. The highest BCUT2D eigenvalue weighted by Crippen LogP contribution is 2.17. The molecule has 0 atom stereocenters. The predicted octanol–water partition coefficient (Wildman–Crippen LogP) is 3.71. The Labute approximate surface area is 96.2 Å². The van der Waals surface area contributed by atoms with Crippen molar-refractivity contribution < 1.29 is 0 Å². The third-order valence-corrected chi connectivity index (χ3v) is 3.62. The molecule has 0 radical (unpaired) electrons. The maximum atomic E-state index is 4.18. The van der Waals surface area contributed by atoms with Crippen molar-refractivity contribution in [2.24, 2.45) is 0 Å². The van der Waals surface area contributed by atoms with E-state index >= 15 is 0 Å². The van der Waals surface area contributed by atoms with Gasteiger partial charge in [-0.1, -0.05) is 36.4 Å². The summed E-state index contributed by atoms with van der Waals surface area (Å²) in [4.78, 5) is 0. The van der Waals surface area contributed by atoms with Gasteiger partial charge in [0.25, 0.3) is 0 Å². The summed E-state index contributed by atoms with van der Waals surface area (Å²) < 4.78 is 0. The van der Waals surface area contributed by atoms with Gasteiger partial charge < -0.3 is 0 Å². The van der Waals surface area contributed by atoms with Gasteiger partial charge in [-0.25, -0.2) is 0 Å². The van der Waals surface area contributed by atoms with Crippen LogP contribution in [0, 0.1) is 6.92 Å². The Morgan fingerprint density at radius 2 is 2.14 bits per heavy atom. The number of hydrogen-bond acceptors (Lipinski definition) is 2. The van der Waals surface area contributed by atoms with Crippen LogP contribution in [0.15, 0.2) is 36.4 Å². The first kappa shape index (κ1) is 11.7. The Bertz CT molecular complexity index is 305. The van der Waals surface area contributed by atoms with Gasteiger partial charge in [0.2, 0.25) is 0 Å². The topological polar surface area (TPSA) is 0 Å². The van der Waals surface area contributed by atoms with Crippen LogP contribution >= 0.6 is 24.4 Å². The molecule has 0 fully saturated rings. The second-order valence-corrected chi connectivity index (χ2v) is 4.63. The van der Waals surface area contributed by atoms with Crippen molar-refractivity contribution in [2.45, 2.75) is 12.7 Å². The third kappa shape index (κ3) is 3.81. The molecule has 0 spiro atoms. The molecule has 2 heteroatoms. The molecular formula is C12H16S2. The van der Waals surface area contributed by atoms with Crippen molar-refractivity contribution in [1.82, 2.24) is 0 Å². The summed E-state index contributed by atoms with van der Waals surface area (Å²) in [7, 11) is 0. The molecule has 1 aromatic carbocycles. The summed E-state index contributed by atoms with van der Waals surface area (Å²) in [6, 6.07) is 8.52. The first-order valence-corrected chi connectivity index (χ1v) is 6.42. The number of hydrogen-bond donors (Lipinski definition) is 1. The zero-order valence-corrected chi connectivity index (χ0v) is 10.2. The lowest BCUT2D eigenvalue weighted by atomic mass is 10.1. The molecule has 0 nitrogen and oxygen atoms in total. The average molecular weight is 224 g/mol. The lowest BCUT2D eigenvalue weighted by Gasteiger charge is -2.05. The van der Waals surface area contributed by atoms with Crippen LogP contribution in [0.25, 0.3) is 0 Å². The molecule has 0 saturated heterocycles. The van der Waals surface area contributed by atoms with Gasteiger partial charge >= 0.3 is 0 Å². The standard InChI is InChI=1S/C12H16S2/c1-10(7-13)8-14-9-12-6-4-3-5-11(12)2/h3-6,13H,1,7-9H2,2H3. The van der Waals surface area contributed by atoms with E-state index in [4.69, 9.17) is 0 Å². The fourth-order valence-electron chi connectivity index (χ4n) is 1.12. The highest BCUT2D eigenvalue weighted by molar-refractivity contribution is 7.98. The minimum Gasteiger partial charge on any atom is -0.175 e. The molecule has 0 heterocycles. The maximum Gasteiger partial charge on any atom is 0.0190 e. The van der Waals surface area contributed by atoms with Crippen molar-refractivity contribution >= 4 is 24.4 Å². The Hall–Kier alpha value is -0.340.